The van der Waals surface area contributed by atoms with Crippen molar-refractivity contribution in [1.82, 2.24) is 0 Å². The number of benzene rings is 2. The highest BCUT2D eigenvalue weighted by atomic mass is 14.2. The van der Waals surface area contributed by atoms with E-state index in [4.69, 9.17) is 0 Å². The van der Waals surface area contributed by atoms with Gasteiger partial charge in [0, 0.05) is 0 Å². The molecule has 0 atom stereocenters. The van der Waals surface area contributed by atoms with E-state index in [-0.39, 0.29) is 0 Å². The molecule has 0 amide bonds. The molecule has 2 aromatic rings. The van der Waals surface area contributed by atoms with Gasteiger partial charge in [0.1, 0.15) is 0 Å². The number of fused-ring (bicyclic) bond motifs is 3. The third-order valence-electron chi connectivity index (χ3n) is 2.71. The van der Waals surface area contributed by atoms with Crippen molar-refractivity contribution in [2.45, 2.75) is 20.3 Å². The molecule has 0 bridgehead atoms. The van der Waals surface area contributed by atoms with Crippen LogP contribution in [0.5, 0.6) is 0 Å². The molecule has 0 unspecified atom stereocenters. The quantitative estimate of drug-likeness (QED) is 0.467. The predicted octanol–water partition coefficient (Wildman–Crippen LogP) is 5.09. The summed E-state index contributed by atoms with van der Waals surface area (Å²) in [6.07, 6.45) is 1.10. The molecule has 0 fully saturated rings. The van der Waals surface area contributed by atoms with Gasteiger partial charge in [-0.15, -0.1) is 13.2 Å². The van der Waals surface area contributed by atoms with Crippen LogP contribution >= 0.6 is 0 Å². The van der Waals surface area contributed by atoms with Crippen molar-refractivity contribution in [3.8, 4) is 11.1 Å². The third-order valence-corrected chi connectivity index (χ3v) is 2.71. The fourth-order valence-electron chi connectivity index (χ4n) is 2.08. The molecule has 0 nitrogen and oxygen atoms in total. The van der Waals surface area contributed by atoms with Gasteiger partial charge in [0.25, 0.3) is 0 Å². The Morgan fingerprint density at radius 1 is 0.706 bits per heavy atom. The van der Waals surface area contributed by atoms with Crippen LogP contribution < -0.4 is 0 Å². The molecule has 0 heteroatoms. The second-order valence-corrected chi connectivity index (χ2v) is 3.49. The van der Waals surface area contributed by atoms with E-state index >= 15 is 0 Å². The fourth-order valence-corrected chi connectivity index (χ4v) is 2.08. The van der Waals surface area contributed by atoms with Crippen molar-refractivity contribution in [2.24, 2.45) is 0 Å². The predicted molar refractivity (Wildman–Crippen MR) is 77.3 cm³/mol. The maximum atomic E-state index is 3.00. The largest absolute Gasteiger partial charge is 0.106 e. The topological polar surface area (TPSA) is 0 Å². The lowest BCUT2D eigenvalue weighted by Crippen LogP contribution is -1.77. The summed E-state index contributed by atoms with van der Waals surface area (Å²) in [5, 5.41) is 0. The van der Waals surface area contributed by atoms with E-state index in [1.807, 2.05) is 13.8 Å². The normalized spacial score (nSPS) is 10.0. The fraction of sp³-hybridized carbons (Fsp3) is 0.176. The van der Waals surface area contributed by atoms with E-state index in [0.717, 1.165) is 6.42 Å². The monoisotopic (exact) mass is 224 g/mol. The Bertz CT molecular complexity index is 425. The maximum Gasteiger partial charge on any atom is -0.00135 e. The number of hydrogen-bond acceptors (Lipinski definition) is 0. The summed E-state index contributed by atoms with van der Waals surface area (Å²) in [5.41, 5.74) is 5.75. The Balaban J connectivity index is 0.000000330. The van der Waals surface area contributed by atoms with Crippen LogP contribution in [0.25, 0.3) is 11.1 Å². The number of rotatable bonds is 0. The van der Waals surface area contributed by atoms with Crippen LogP contribution in [0.4, 0.5) is 0 Å². The molecule has 2 aromatic carbocycles. The molecule has 3 rings (SSSR count). The second kappa shape index (κ2) is 6.70. The summed E-state index contributed by atoms with van der Waals surface area (Å²) >= 11 is 0. The Kier molecular flexibility index (Phi) is 5.22. The Labute approximate surface area is 105 Å². The summed E-state index contributed by atoms with van der Waals surface area (Å²) < 4.78 is 0. The number of hydrogen-bond donors (Lipinski definition) is 0. The highest BCUT2D eigenvalue weighted by Gasteiger charge is 2.15. The smallest absolute Gasteiger partial charge is 0.00135 e. The first kappa shape index (κ1) is 13.2. The zero-order valence-electron chi connectivity index (χ0n) is 10.7. The van der Waals surface area contributed by atoms with Crippen molar-refractivity contribution >= 4 is 0 Å². The third kappa shape index (κ3) is 2.65. The van der Waals surface area contributed by atoms with Crippen LogP contribution in [-0.4, -0.2) is 0 Å². The van der Waals surface area contributed by atoms with E-state index < -0.39 is 0 Å². The minimum absolute atomic E-state index is 1.10. The van der Waals surface area contributed by atoms with Gasteiger partial charge in [0.2, 0.25) is 0 Å². The van der Waals surface area contributed by atoms with Gasteiger partial charge in [0.15, 0.2) is 0 Å². The molecule has 1 aliphatic carbocycles. The summed E-state index contributed by atoms with van der Waals surface area (Å²) in [5.74, 6) is 0. The lowest BCUT2D eigenvalue weighted by Gasteiger charge is -1.98. The van der Waals surface area contributed by atoms with Crippen LogP contribution in [0.3, 0.4) is 0 Å². The van der Waals surface area contributed by atoms with E-state index in [2.05, 4.69) is 61.7 Å². The lowest BCUT2D eigenvalue weighted by atomic mass is 10.1. The van der Waals surface area contributed by atoms with Crippen LogP contribution in [0, 0.1) is 0 Å². The van der Waals surface area contributed by atoms with Gasteiger partial charge in [-0.1, -0.05) is 62.4 Å². The minimum Gasteiger partial charge on any atom is -0.106 e. The molecule has 0 N–H and O–H groups in total. The van der Waals surface area contributed by atoms with E-state index in [1.54, 1.807) is 0 Å². The summed E-state index contributed by atoms with van der Waals surface area (Å²) in [6.45, 7) is 10.0. The molecule has 17 heavy (non-hydrogen) atoms. The SMILES string of the molecule is C=C.CC.c1ccc2c(c1)Cc1ccccc1-2. The molecule has 0 aromatic heterocycles. The van der Waals surface area contributed by atoms with Gasteiger partial charge in [0.05, 0.1) is 0 Å². The molecule has 0 spiro atoms. The van der Waals surface area contributed by atoms with Gasteiger partial charge in [-0.3, -0.25) is 0 Å². The molecule has 0 saturated heterocycles. The van der Waals surface area contributed by atoms with Crippen molar-refractivity contribution in [2.75, 3.05) is 0 Å². The lowest BCUT2D eigenvalue weighted by molar-refractivity contribution is 1.26. The Morgan fingerprint density at radius 2 is 1.06 bits per heavy atom. The zero-order valence-corrected chi connectivity index (χ0v) is 10.7. The molecule has 0 heterocycles. The molecule has 0 aliphatic heterocycles. The van der Waals surface area contributed by atoms with E-state index in [1.165, 1.54) is 22.3 Å². The van der Waals surface area contributed by atoms with Crippen LogP contribution in [-0.2, 0) is 6.42 Å². The summed E-state index contributed by atoms with van der Waals surface area (Å²) in [7, 11) is 0. The first-order valence-corrected chi connectivity index (χ1v) is 6.11. The first-order valence-electron chi connectivity index (χ1n) is 6.11. The minimum atomic E-state index is 1.10. The maximum absolute atomic E-state index is 3.00. The average Bonchev–Trinajstić information content (AvgIpc) is 2.82. The average molecular weight is 224 g/mol. The van der Waals surface area contributed by atoms with Crippen molar-refractivity contribution < 1.29 is 0 Å². The van der Waals surface area contributed by atoms with Crippen molar-refractivity contribution in [1.29, 1.82) is 0 Å². The molecule has 88 valence electrons. The zero-order chi connectivity index (χ0) is 12.7. The molecular weight excluding hydrogens is 204 g/mol. The van der Waals surface area contributed by atoms with Gasteiger partial charge in [-0.05, 0) is 28.7 Å². The van der Waals surface area contributed by atoms with E-state index in [0.29, 0.717) is 0 Å². The van der Waals surface area contributed by atoms with Gasteiger partial charge in [-0.2, -0.15) is 0 Å². The van der Waals surface area contributed by atoms with Crippen molar-refractivity contribution in [3.63, 3.8) is 0 Å². The summed E-state index contributed by atoms with van der Waals surface area (Å²) in [4.78, 5) is 0. The Morgan fingerprint density at radius 3 is 1.47 bits per heavy atom. The molecule has 0 radical (unpaired) electrons. The van der Waals surface area contributed by atoms with Gasteiger partial charge < -0.3 is 0 Å². The molecular formula is C17H20. The molecule has 1 aliphatic rings. The van der Waals surface area contributed by atoms with Crippen LogP contribution in [0.1, 0.15) is 25.0 Å². The highest BCUT2D eigenvalue weighted by molar-refractivity contribution is 5.76. The van der Waals surface area contributed by atoms with Crippen molar-refractivity contribution in [3.05, 3.63) is 72.8 Å². The van der Waals surface area contributed by atoms with Crippen LogP contribution in [0.15, 0.2) is 61.7 Å². The van der Waals surface area contributed by atoms with Gasteiger partial charge >= 0.3 is 0 Å². The Hall–Kier alpha value is -1.82. The first-order chi connectivity index (χ1) is 8.45. The van der Waals surface area contributed by atoms with E-state index in [9.17, 15) is 0 Å². The van der Waals surface area contributed by atoms with Gasteiger partial charge in [-0.25, -0.2) is 0 Å². The molecule has 0 saturated carbocycles. The summed E-state index contributed by atoms with van der Waals surface area (Å²) in [6, 6.07) is 17.3. The van der Waals surface area contributed by atoms with Crippen LogP contribution in [0.2, 0.25) is 0 Å². The second-order valence-electron chi connectivity index (χ2n) is 3.49. The highest BCUT2D eigenvalue weighted by Crippen LogP contribution is 2.35. The standard InChI is InChI=1S/C13H10.C2H6.C2H4/c1-3-7-12-10(5-1)9-11-6-2-4-8-13(11)12;2*1-2/h1-8H,9H2;1-2H3;1-2H2.